The Balaban J connectivity index is 1.73. The van der Waals surface area contributed by atoms with Crippen LogP contribution >= 0.6 is 22.7 Å². The number of amides is 1. The van der Waals surface area contributed by atoms with E-state index in [4.69, 9.17) is 9.47 Å². The number of carbonyl (C=O) groups excluding carboxylic acids is 1. The van der Waals surface area contributed by atoms with Gasteiger partial charge < -0.3 is 9.47 Å². The Morgan fingerprint density at radius 3 is 2.70 bits per heavy atom. The summed E-state index contributed by atoms with van der Waals surface area (Å²) < 4.78 is 26.4. The molecule has 138 valence electrons. The molecule has 0 saturated carbocycles. The minimum atomic E-state index is -0.362. The van der Waals surface area contributed by atoms with Gasteiger partial charge in [0.05, 0.1) is 23.3 Å². The second kappa shape index (κ2) is 7.22. The number of anilines is 1. The van der Waals surface area contributed by atoms with Crippen molar-refractivity contribution in [2.45, 2.75) is 6.61 Å². The molecule has 5 nitrogen and oxygen atoms in total. The van der Waals surface area contributed by atoms with E-state index in [2.05, 4.69) is 10.3 Å². The second-order valence-electron chi connectivity index (χ2n) is 5.74. The molecule has 0 spiro atoms. The first-order chi connectivity index (χ1) is 13.1. The third-order valence-electron chi connectivity index (χ3n) is 4.08. The zero-order valence-corrected chi connectivity index (χ0v) is 16.2. The Labute approximate surface area is 162 Å². The van der Waals surface area contributed by atoms with Crippen LogP contribution in [0.2, 0.25) is 0 Å². The van der Waals surface area contributed by atoms with Gasteiger partial charge in [0.15, 0.2) is 5.13 Å². The molecule has 4 aromatic rings. The molecule has 0 aliphatic heterocycles. The van der Waals surface area contributed by atoms with Crippen molar-refractivity contribution in [1.82, 2.24) is 4.98 Å². The van der Waals surface area contributed by atoms with Gasteiger partial charge in [0.25, 0.3) is 5.91 Å². The number of fused-ring (bicyclic) bond motifs is 2. The number of halogens is 1. The van der Waals surface area contributed by atoms with Crippen LogP contribution in [-0.4, -0.2) is 25.1 Å². The van der Waals surface area contributed by atoms with E-state index in [0.29, 0.717) is 36.9 Å². The maximum atomic E-state index is 14.3. The highest BCUT2D eigenvalue weighted by Crippen LogP contribution is 2.36. The Bertz CT molecular complexity index is 1150. The summed E-state index contributed by atoms with van der Waals surface area (Å²) in [6.45, 7) is 0.150. The predicted molar refractivity (Wildman–Crippen MR) is 107 cm³/mol. The normalized spacial score (nSPS) is 11.2. The summed E-state index contributed by atoms with van der Waals surface area (Å²) in [6.07, 6.45) is 0. The molecule has 1 N–H and O–H groups in total. The van der Waals surface area contributed by atoms with Gasteiger partial charge in [-0.2, -0.15) is 0 Å². The lowest BCUT2D eigenvalue weighted by atomic mass is 10.1. The molecule has 0 atom stereocenters. The van der Waals surface area contributed by atoms with Crippen LogP contribution in [-0.2, 0) is 11.3 Å². The van der Waals surface area contributed by atoms with Gasteiger partial charge in [-0.25, -0.2) is 9.37 Å². The van der Waals surface area contributed by atoms with E-state index in [0.717, 1.165) is 4.70 Å². The first-order valence-electron chi connectivity index (χ1n) is 8.06. The number of nitrogens with one attached hydrogen (secondary N) is 1. The fourth-order valence-corrected chi connectivity index (χ4v) is 4.92. The Hall–Kier alpha value is -2.55. The zero-order valence-electron chi connectivity index (χ0n) is 14.5. The first-order valence-corrected chi connectivity index (χ1v) is 9.69. The molecule has 1 amide bonds. The van der Waals surface area contributed by atoms with Crippen molar-refractivity contribution >= 4 is 54.0 Å². The number of benzene rings is 2. The van der Waals surface area contributed by atoms with Crippen LogP contribution in [0, 0.1) is 5.82 Å². The topological polar surface area (TPSA) is 60.5 Å². The number of thiophene rings is 1. The van der Waals surface area contributed by atoms with Crippen LogP contribution in [0.25, 0.3) is 20.3 Å². The van der Waals surface area contributed by atoms with Crippen molar-refractivity contribution in [2.24, 2.45) is 0 Å². The fraction of sp³-hybridized carbons (Fsp3) is 0.158. The molecule has 27 heavy (non-hydrogen) atoms. The third kappa shape index (κ3) is 3.16. The Morgan fingerprint density at radius 2 is 1.93 bits per heavy atom. The van der Waals surface area contributed by atoms with Gasteiger partial charge in [-0.1, -0.05) is 23.5 Å². The van der Waals surface area contributed by atoms with Gasteiger partial charge >= 0.3 is 0 Å². The van der Waals surface area contributed by atoms with Gasteiger partial charge in [0.1, 0.15) is 17.1 Å². The first kappa shape index (κ1) is 17.8. The highest BCUT2D eigenvalue weighted by molar-refractivity contribution is 7.23. The number of ether oxygens (including phenoxy) is 2. The maximum absolute atomic E-state index is 14.3. The van der Waals surface area contributed by atoms with Crippen LogP contribution in [0.5, 0.6) is 5.75 Å². The molecule has 0 saturated heterocycles. The number of nitrogens with zero attached hydrogens (tertiary/aromatic N) is 1. The molecule has 0 bridgehead atoms. The highest BCUT2D eigenvalue weighted by atomic mass is 32.1. The van der Waals surface area contributed by atoms with Crippen molar-refractivity contribution in [1.29, 1.82) is 0 Å². The van der Waals surface area contributed by atoms with Crippen LogP contribution in [0.15, 0.2) is 36.4 Å². The third-order valence-corrected chi connectivity index (χ3v) is 6.21. The van der Waals surface area contributed by atoms with Crippen molar-refractivity contribution < 1.29 is 18.7 Å². The van der Waals surface area contributed by atoms with E-state index >= 15 is 0 Å². The summed E-state index contributed by atoms with van der Waals surface area (Å²) in [5, 5.41) is 3.71. The minimum Gasteiger partial charge on any atom is -0.494 e. The van der Waals surface area contributed by atoms with Gasteiger partial charge in [-0.15, -0.1) is 11.3 Å². The van der Waals surface area contributed by atoms with Gasteiger partial charge in [0.2, 0.25) is 0 Å². The van der Waals surface area contributed by atoms with E-state index in [-0.39, 0.29) is 18.3 Å². The zero-order chi connectivity index (χ0) is 19.0. The monoisotopic (exact) mass is 402 g/mol. The molecule has 0 unspecified atom stereocenters. The minimum absolute atomic E-state index is 0.150. The number of para-hydroxylation sites is 1. The molecular weight excluding hydrogens is 387 g/mol. The molecule has 2 heterocycles. The van der Waals surface area contributed by atoms with Crippen molar-refractivity contribution in [3.8, 4) is 5.75 Å². The second-order valence-corrected chi connectivity index (χ2v) is 7.82. The predicted octanol–water partition coefficient (Wildman–Crippen LogP) is 5.06. The molecule has 0 radical (unpaired) electrons. The lowest BCUT2D eigenvalue weighted by Gasteiger charge is -2.04. The molecular formula is C19H15FN2O3S2. The lowest BCUT2D eigenvalue weighted by Crippen LogP contribution is -2.12. The number of aromatic nitrogens is 1. The average molecular weight is 402 g/mol. The largest absolute Gasteiger partial charge is 0.494 e. The van der Waals surface area contributed by atoms with Crippen LogP contribution in [0.3, 0.4) is 0 Å². The van der Waals surface area contributed by atoms with Crippen LogP contribution < -0.4 is 10.1 Å². The smallest absolute Gasteiger partial charge is 0.267 e. The van der Waals surface area contributed by atoms with Gasteiger partial charge in [-0.05, 0) is 24.3 Å². The van der Waals surface area contributed by atoms with E-state index in [1.807, 2.05) is 18.2 Å². The molecule has 8 heteroatoms. The quantitative estimate of drug-likeness (QED) is 0.507. The van der Waals surface area contributed by atoms with Gasteiger partial charge in [-0.3, -0.25) is 10.1 Å². The highest BCUT2D eigenvalue weighted by Gasteiger charge is 2.22. The van der Waals surface area contributed by atoms with E-state index in [9.17, 15) is 9.18 Å². The lowest BCUT2D eigenvalue weighted by molar-refractivity contribution is 0.102. The number of carbonyl (C=O) groups is 1. The number of methoxy groups -OCH3 is 2. The summed E-state index contributed by atoms with van der Waals surface area (Å²) in [5.74, 6) is -0.0477. The molecule has 4 rings (SSSR count). The summed E-state index contributed by atoms with van der Waals surface area (Å²) in [7, 11) is 3.10. The van der Waals surface area contributed by atoms with Crippen molar-refractivity contribution in [2.75, 3.05) is 19.5 Å². The van der Waals surface area contributed by atoms with Crippen LogP contribution in [0.4, 0.5) is 9.52 Å². The van der Waals surface area contributed by atoms with E-state index < -0.39 is 0 Å². The molecule has 0 aliphatic carbocycles. The summed E-state index contributed by atoms with van der Waals surface area (Å²) >= 11 is 2.60. The molecule has 2 aromatic carbocycles. The summed E-state index contributed by atoms with van der Waals surface area (Å²) in [5.41, 5.74) is 1.24. The SMILES string of the molecule is COCc1c(C(=O)Nc2nc3c(OC)cccc3s2)sc2cccc(F)c12. The molecule has 0 fully saturated rings. The number of hydrogen-bond donors (Lipinski definition) is 1. The Morgan fingerprint density at radius 1 is 1.15 bits per heavy atom. The van der Waals surface area contributed by atoms with E-state index in [1.54, 1.807) is 19.2 Å². The number of hydrogen-bond acceptors (Lipinski definition) is 6. The number of thiazole rings is 1. The van der Waals surface area contributed by atoms with Crippen LogP contribution in [0.1, 0.15) is 15.2 Å². The number of rotatable bonds is 5. The average Bonchev–Trinajstić information content (AvgIpc) is 3.23. The standard InChI is InChI=1S/C19H15FN2O3S2/c1-24-9-10-15-11(20)5-3-7-13(15)26-17(10)18(23)22-19-21-16-12(25-2)6-4-8-14(16)27-19/h3-8H,9H2,1-2H3,(H,21,22,23). The molecule has 0 aliphatic rings. The van der Waals surface area contributed by atoms with Crippen molar-refractivity contribution in [3.63, 3.8) is 0 Å². The maximum Gasteiger partial charge on any atom is 0.267 e. The fourth-order valence-electron chi connectivity index (χ4n) is 2.93. The summed E-state index contributed by atoms with van der Waals surface area (Å²) in [4.78, 5) is 17.8. The molecule has 2 aromatic heterocycles. The van der Waals surface area contributed by atoms with E-state index in [1.165, 1.54) is 35.8 Å². The van der Waals surface area contributed by atoms with Crippen molar-refractivity contribution in [3.05, 3.63) is 52.7 Å². The van der Waals surface area contributed by atoms with Gasteiger partial charge in [0, 0.05) is 22.8 Å². The summed E-state index contributed by atoms with van der Waals surface area (Å²) in [6, 6.07) is 10.4. The Kier molecular flexibility index (Phi) is 4.77.